The van der Waals surface area contributed by atoms with E-state index in [1.165, 1.54) is 29.5 Å². The van der Waals surface area contributed by atoms with Gasteiger partial charge < -0.3 is 5.32 Å². The average Bonchev–Trinajstić information content (AvgIpc) is 2.82. The third-order valence-electron chi connectivity index (χ3n) is 2.66. The number of likely N-dealkylation sites (N-methyl/N-ethyl adjacent to an activating group) is 1. The molecule has 5 heteroatoms. The van der Waals surface area contributed by atoms with Crippen molar-refractivity contribution in [3.63, 3.8) is 0 Å². The molecule has 0 fully saturated rings. The van der Waals surface area contributed by atoms with Crippen LogP contribution in [0.1, 0.15) is 23.5 Å². The van der Waals surface area contributed by atoms with Crippen LogP contribution >= 0.6 is 11.3 Å². The predicted octanol–water partition coefficient (Wildman–Crippen LogP) is 3.31. The summed E-state index contributed by atoms with van der Waals surface area (Å²) in [6, 6.07) is 3.55. The quantitative estimate of drug-likeness (QED) is 0.900. The first-order valence-corrected chi connectivity index (χ1v) is 6.66. The molecule has 96 valence electrons. The lowest BCUT2D eigenvalue weighted by Crippen LogP contribution is -2.25. The minimum Gasteiger partial charge on any atom is -0.310 e. The molecule has 0 radical (unpaired) electrons. The molecule has 1 unspecified atom stereocenters. The van der Waals surface area contributed by atoms with E-state index in [0.717, 1.165) is 5.01 Å². The lowest BCUT2D eigenvalue weighted by Gasteiger charge is -2.18. The van der Waals surface area contributed by atoms with Crippen LogP contribution in [-0.2, 0) is 6.42 Å². The fraction of sp³-hybridized carbons (Fsp3) is 0.308. The lowest BCUT2D eigenvalue weighted by atomic mass is 10.0. The van der Waals surface area contributed by atoms with Gasteiger partial charge in [-0.05, 0) is 18.7 Å². The SMILES string of the molecule is CCNC(Cc1nccs1)c1c(F)cccc1F. The molecule has 0 spiro atoms. The fourth-order valence-corrected chi connectivity index (χ4v) is 2.56. The third kappa shape index (κ3) is 2.91. The van der Waals surface area contributed by atoms with Gasteiger partial charge in [-0.1, -0.05) is 13.0 Å². The highest BCUT2D eigenvalue weighted by Crippen LogP contribution is 2.24. The van der Waals surface area contributed by atoms with E-state index in [4.69, 9.17) is 0 Å². The molecular weight excluding hydrogens is 254 g/mol. The number of hydrogen-bond acceptors (Lipinski definition) is 3. The summed E-state index contributed by atoms with van der Waals surface area (Å²) >= 11 is 1.49. The summed E-state index contributed by atoms with van der Waals surface area (Å²) in [6.07, 6.45) is 2.18. The second kappa shape index (κ2) is 6.02. The van der Waals surface area contributed by atoms with Gasteiger partial charge >= 0.3 is 0 Å². The number of rotatable bonds is 5. The molecule has 0 saturated heterocycles. The van der Waals surface area contributed by atoms with Crippen LogP contribution in [0, 0.1) is 11.6 Å². The van der Waals surface area contributed by atoms with E-state index in [-0.39, 0.29) is 11.6 Å². The first-order valence-electron chi connectivity index (χ1n) is 5.78. The zero-order valence-electron chi connectivity index (χ0n) is 9.99. The van der Waals surface area contributed by atoms with Crippen molar-refractivity contribution in [3.05, 3.63) is 52.0 Å². The van der Waals surface area contributed by atoms with Crippen LogP contribution in [0.4, 0.5) is 8.78 Å². The summed E-state index contributed by atoms with van der Waals surface area (Å²) in [5.41, 5.74) is 0.0922. The predicted molar refractivity (Wildman–Crippen MR) is 68.6 cm³/mol. The highest BCUT2D eigenvalue weighted by molar-refractivity contribution is 7.09. The van der Waals surface area contributed by atoms with Gasteiger partial charge in [0.15, 0.2) is 0 Å². The van der Waals surface area contributed by atoms with Crippen molar-refractivity contribution in [2.75, 3.05) is 6.54 Å². The van der Waals surface area contributed by atoms with Gasteiger partial charge in [0.05, 0.1) is 5.01 Å². The normalized spacial score (nSPS) is 12.6. The Bertz CT molecular complexity index is 479. The molecule has 2 rings (SSSR count). The zero-order chi connectivity index (χ0) is 13.0. The summed E-state index contributed by atoms with van der Waals surface area (Å²) in [7, 11) is 0. The van der Waals surface area contributed by atoms with E-state index >= 15 is 0 Å². The largest absolute Gasteiger partial charge is 0.310 e. The highest BCUT2D eigenvalue weighted by atomic mass is 32.1. The fourth-order valence-electron chi connectivity index (χ4n) is 1.89. The van der Waals surface area contributed by atoms with Crippen molar-refractivity contribution in [2.45, 2.75) is 19.4 Å². The molecule has 1 heterocycles. The van der Waals surface area contributed by atoms with Gasteiger partial charge in [0, 0.05) is 29.6 Å². The molecule has 0 saturated carbocycles. The van der Waals surface area contributed by atoms with Crippen LogP contribution in [-0.4, -0.2) is 11.5 Å². The topological polar surface area (TPSA) is 24.9 Å². The standard InChI is InChI=1S/C13H14F2N2S/c1-2-16-11(8-12-17-6-7-18-12)13-9(14)4-3-5-10(13)15/h3-7,11,16H,2,8H2,1H3. The maximum Gasteiger partial charge on any atom is 0.130 e. The summed E-state index contributed by atoms with van der Waals surface area (Å²) in [5.74, 6) is -1.03. The minimum absolute atomic E-state index is 0.0922. The summed E-state index contributed by atoms with van der Waals surface area (Å²) in [4.78, 5) is 4.16. The van der Waals surface area contributed by atoms with Gasteiger partial charge in [0.1, 0.15) is 11.6 Å². The monoisotopic (exact) mass is 268 g/mol. The molecule has 0 amide bonds. The number of aromatic nitrogens is 1. The molecule has 1 aromatic heterocycles. The molecule has 18 heavy (non-hydrogen) atoms. The van der Waals surface area contributed by atoms with Crippen LogP contribution in [0.5, 0.6) is 0 Å². The molecule has 0 aliphatic rings. The molecular formula is C13H14F2N2S. The number of halogens is 2. The van der Waals surface area contributed by atoms with Gasteiger partial charge in [-0.2, -0.15) is 0 Å². The summed E-state index contributed by atoms with van der Waals surface area (Å²) in [5, 5.41) is 5.83. The summed E-state index contributed by atoms with van der Waals surface area (Å²) < 4.78 is 27.5. The van der Waals surface area contributed by atoms with E-state index in [1.54, 1.807) is 6.20 Å². The number of benzene rings is 1. The molecule has 1 atom stereocenters. The van der Waals surface area contributed by atoms with Gasteiger partial charge in [-0.3, -0.25) is 0 Å². The average molecular weight is 268 g/mol. The molecule has 2 aromatic rings. The minimum atomic E-state index is -0.516. The van der Waals surface area contributed by atoms with Crippen molar-refractivity contribution in [1.29, 1.82) is 0 Å². The van der Waals surface area contributed by atoms with Crippen molar-refractivity contribution >= 4 is 11.3 Å². The van der Waals surface area contributed by atoms with Crippen LogP contribution in [0.15, 0.2) is 29.8 Å². The Hall–Kier alpha value is -1.33. The van der Waals surface area contributed by atoms with Crippen molar-refractivity contribution in [3.8, 4) is 0 Å². The van der Waals surface area contributed by atoms with E-state index in [2.05, 4.69) is 10.3 Å². The molecule has 1 aromatic carbocycles. The first kappa shape index (κ1) is 13.1. The Morgan fingerprint density at radius 2 is 2.06 bits per heavy atom. The van der Waals surface area contributed by atoms with E-state index in [0.29, 0.717) is 13.0 Å². The van der Waals surface area contributed by atoms with Crippen molar-refractivity contribution in [2.24, 2.45) is 0 Å². The highest BCUT2D eigenvalue weighted by Gasteiger charge is 2.20. The molecule has 0 aliphatic carbocycles. The first-order chi connectivity index (χ1) is 8.72. The number of thiazole rings is 1. The van der Waals surface area contributed by atoms with Crippen LogP contribution < -0.4 is 5.32 Å². The van der Waals surface area contributed by atoms with E-state index < -0.39 is 11.6 Å². The Morgan fingerprint density at radius 1 is 1.33 bits per heavy atom. The third-order valence-corrected chi connectivity index (χ3v) is 3.46. The van der Waals surface area contributed by atoms with Gasteiger partial charge in [0.25, 0.3) is 0 Å². The molecule has 1 N–H and O–H groups in total. The van der Waals surface area contributed by atoms with E-state index in [9.17, 15) is 8.78 Å². The summed E-state index contributed by atoms with van der Waals surface area (Å²) in [6.45, 7) is 2.55. The molecule has 2 nitrogen and oxygen atoms in total. The second-order valence-corrected chi connectivity index (χ2v) is 4.85. The Morgan fingerprint density at radius 3 is 2.61 bits per heavy atom. The lowest BCUT2D eigenvalue weighted by molar-refractivity contribution is 0.472. The molecule has 0 aliphatic heterocycles. The van der Waals surface area contributed by atoms with Crippen molar-refractivity contribution < 1.29 is 8.78 Å². The van der Waals surface area contributed by atoms with Crippen LogP contribution in [0.25, 0.3) is 0 Å². The Kier molecular flexibility index (Phi) is 4.38. The Labute approximate surface area is 109 Å². The second-order valence-electron chi connectivity index (χ2n) is 3.88. The number of nitrogens with one attached hydrogen (secondary N) is 1. The van der Waals surface area contributed by atoms with Gasteiger partial charge in [-0.25, -0.2) is 13.8 Å². The van der Waals surface area contributed by atoms with Crippen LogP contribution in [0.3, 0.4) is 0 Å². The van der Waals surface area contributed by atoms with E-state index in [1.807, 2.05) is 12.3 Å². The smallest absolute Gasteiger partial charge is 0.130 e. The number of nitrogens with zero attached hydrogens (tertiary/aromatic N) is 1. The maximum absolute atomic E-state index is 13.8. The molecule has 0 bridgehead atoms. The maximum atomic E-state index is 13.8. The number of hydrogen-bond donors (Lipinski definition) is 1. The van der Waals surface area contributed by atoms with Crippen molar-refractivity contribution in [1.82, 2.24) is 10.3 Å². The Balaban J connectivity index is 2.29. The van der Waals surface area contributed by atoms with Crippen LogP contribution in [0.2, 0.25) is 0 Å². The van der Waals surface area contributed by atoms with Gasteiger partial charge in [0.2, 0.25) is 0 Å². The zero-order valence-corrected chi connectivity index (χ0v) is 10.8. The van der Waals surface area contributed by atoms with Gasteiger partial charge in [-0.15, -0.1) is 11.3 Å².